The van der Waals surface area contributed by atoms with Gasteiger partial charge in [-0.05, 0) is 48.6 Å². The lowest BCUT2D eigenvalue weighted by molar-refractivity contribution is -0.180. The molecule has 25 heavy (non-hydrogen) atoms. The predicted molar refractivity (Wildman–Crippen MR) is 90.6 cm³/mol. The molecule has 2 aliphatic rings. The van der Waals surface area contributed by atoms with Gasteiger partial charge in [-0.25, -0.2) is 0 Å². The van der Waals surface area contributed by atoms with Crippen molar-refractivity contribution in [2.24, 2.45) is 5.92 Å². The minimum atomic E-state index is -4.55. The van der Waals surface area contributed by atoms with Crippen LogP contribution in [0.5, 0.6) is 0 Å². The van der Waals surface area contributed by atoms with Crippen LogP contribution in [0.2, 0.25) is 5.02 Å². The van der Waals surface area contributed by atoms with Crippen molar-refractivity contribution in [2.45, 2.75) is 37.3 Å². The summed E-state index contributed by atoms with van der Waals surface area (Å²) in [6.07, 6.45) is -0.958. The summed E-state index contributed by atoms with van der Waals surface area (Å²) in [4.78, 5) is 14.7. The summed E-state index contributed by atoms with van der Waals surface area (Å²) < 4.78 is 43.5. The van der Waals surface area contributed by atoms with Crippen LogP contribution in [0.25, 0.3) is 0 Å². The molecule has 132 valence electrons. The lowest BCUT2D eigenvalue weighted by atomic mass is 9.67. The molecule has 4 rings (SSSR count). The van der Waals surface area contributed by atoms with Crippen LogP contribution in [0.3, 0.4) is 0 Å². The van der Waals surface area contributed by atoms with Gasteiger partial charge in [0.1, 0.15) is 11.1 Å². The Morgan fingerprint density at radius 2 is 1.96 bits per heavy atom. The summed E-state index contributed by atoms with van der Waals surface area (Å²) in [6.45, 7) is 0. The maximum absolute atomic E-state index is 14.5. The Balaban J connectivity index is 2.01. The monoisotopic (exact) mass is 368 g/mol. The summed E-state index contributed by atoms with van der Waals surface area (Å²) >= 11 is 6.02. The molecular formula is C18H16ClF3N2O. The summed E-state index contributed by atoms with van der Waals surface area (Å²) in [6, 6.07) is 5.75. The van der Waals surface area contributed by atoms with Gasteiger partial charge < -0.3 is 10.3 Å². The van der Waals surface area contributed by atoms with Crippen LogP contribution in [-0.2, 0) is 5.41 Å². The van der Waals surface area contributed by atoms with Crippen molar-refractivity contribution in [3.05, 3.63) is 57.0 Å². The summed E-state index contributed by atoms with van der Waals surface area (Å²) in [5.74, 6) is 0.335. The molecular weight excluding hydrogens is 353 g/mol. The molecule has 2 aromatic rings. The second kappa shape index (κ2) is 5.53. The first-order chi connectivity index (χ1) is 11.8. The Kier molecular flexibility index (Phi) is 3.65. The molecule has 1 unspecified atom stereocenters. The number of fused-ring (bicyclic) bond motifs is 2. The van der Waals surface area contributed by atoms with Crippen molar-refractivity contribution < 1.29 is 13.2 Å². The lowest BCUT2D eigenvalue weighted by Crippen LogP contribution is -2.47. The van der Waals surface area contributed by atoms with Crippen molar-refractivity contribution >= 4 is 23.0 Å². The number of H-pyrrole nitrogens is 1. The largest absolute Gasteiger partial charge is 0.402 e. The molecule has 2 heterocycles. The highest BCUT2D eigenvalue weighted by atomic mass is 35.5. The van der Waals surface area contributed by atoms with E-state index in [0.29, 0.717) is 12.3 Å². The molecule has 7 heteroatoms. The van der Waals surface area contributed by atoms with Gasteiger partial charge in [-0.2, -0.15) is 13.2 Å². The quantitative estimate of drug-likeness (QED) is 0.789. The Bertz CT molecular complexity index is 889. The Morgan fingerprint density at radius 1 is 1.20 bits per heavy atom. The molecule has 1 aromatic heterocycles. The van der Waals surface area contributed by atoms with E-state index in [9.17, 15) is 18.0 Å². The van der Waals surface area contributed by atoms with E-state index in [1.54, 1.807) is 0 Å². The first-order valence-electron chi connectivity index (χ1n) is 8.19. The van der Waals surface area contributed by atoms with E-state index in [4.69, 9.17) is 11.6 Å². The van der Waals surface area contributed by atoms with E-state index in [0.717, 1.165) is 12.8 Å². The topological polar surface area (TPSA) is 44.9 Å². The van der Waals surface area contributed by atoms with Gasteiger partial charge in [0.25, 0.3) is 5.56 Å². The summed E-state index contributed by atoms with van der Waals surface area (Å²) in [5, 5.41) is 3.11. The van der Waals surface area contributed by atoms with Crippen LogP contribution in [0, 0.1) is 5.92 Å². The molecule has 2 N–H and O–H groups in total. The van der Waals surface area contributed by atoms with E-state index >= 15 is 0 Å². The van der Waals surface area contributed by atoms with Crippen molar-refractivity contribution in [3.8, 4) is 0 Å². The fraction of sp³-hybridized carbons (Fsp3) is 0.389. The minimum Gasteiger partial charge on any atom is -0.351 e. The van der Waals surface area contributed by atoms with Crippen molar-refractivity contribution in [1.82, 2.24) is 4.98 Å². The zero-order valence-corrected chi connectivity index (χ0v) is 14.0. The molecule has 3 nitrogen and oxygen atoms in total. The molecule has 0 amide bonds. The first kappa shape index (κ1) is 16.5. The fourth-order valence-electron chi connectivity index (χ4n) is 3.76. The Morgan fingerprint density at radius 3 is 2.64 bits per heavy atom. The first-order valence-corrected chi connectivity index (χ1v) is 8.57. The minimum absolute atomic E-state index is 0.0285. The number of halogens is 4. The van der Waals surface area contributed by atoms with Crippen molar-refractivity contribution in [1.29, 1.82) is 0 Å². The second-order valence-corrected chi connectivity index (χ2v) is 7.23. The zero-order valence-electron chi connectivity index (χ0n) is 13.2. The molecule has 1 saturated carbocycles. The normalized spacial score (nSPS) is 22.1. The molecule has 1 atom stereocenters. The predicted octanol–water partition coefficient (Wildman–Crippen LogP) is 5.12. The van der Waals surface area contributed by atoms with Crippen LogP contribution in [-0.4, -0.2) is 11.2 Å². The van der Waals surface area contributed by atoms with E-state index in [1.807, 2.05) is 0 Å². The Hall–Kier alpha value is -1.95. The van der Waals surface area contributed by atoms with Gasteiger partial charge in [0.15, 0.2) is 0 Å². The smallest absolute Gasteiger partial charge is 0.351 e. The van der Waals surface area contributed by atoms with E-state index in [-0.39, 0.29) is 33.9 Å². The number of hydrogen-bond donors (Lipinski definition) is 2. The van der Waals surface area contributed by atoms with Crippen LogP contribution in [0.4, 0.5) is 24.5 Å². The number of rotatable bonds is 3. The van der Waals surface area contributed by atoms with Gasteiger partial charge >= 0.3 is 6.18 Å². The number of anilines is 2. The molecule has 0 radical (unpaired) electrons. The number of alkyl halides is 3. The number of aromatic amines is 1. The van der Waals surface area contributed by atoms with Gasteiger partial charge in [0, 0.05) is 22.5 Å². The van der Waals surface area contributed by atoms with E-state index in [2.05, 4.69) is 10.3 Å². The third kappa shape index (κ3) is 2.54. The molecule has 1 aliphatic heterocycles. The molecule has 0 spiro atoms. The van der Waals surface area contributed by atoms with Gasteiger partial charge in [-0.15, -0.1) is 0 Å². The number of hydrogen-bond acceptors (Lipinski definition) is 2. The third-order valence-corrected chi connectivity index (χ3v) is 5.47. The highest BCUT2D eigenvalue weighted by Gasteiger charge is 2.60. The standard InChI is InChI=1S/C18H16ClF3N2O/c19-11-3-4-14-13(9-11)17(18(20,21)22,7-5-10-1-2-10)12-6-8-23-16(25)15(12)24-14/h3-4,6,8-10,24H,1-2,5,7H2,(H,23,25). The van der Waals surface area contributed by atoms with Crippen LogP contribution < -0.4 is 10.9 Å². The average molecular weight is 369 g/mol. The summed E-state index contributed by atoms with van der Waals surface area (Å²) in [5.41, 5.74) is -2.49. The zero-order chi connectivity index (χ0) is 17.8. The van der Waals surface area contributed by atoms with E-state index < -0.39 is 17.2 Å². The SMILES string of the molecule is O=c1[nH]ccc2c1Nc1ccc(Cl)cc1C2(CCC1CC1)C(F)(F)F. The fourth-order valence-corrected chi connectivity index (χ4v) is 3.93. The molecule has 0 saturated heterocycles. The van der Waals surface area contributed by atoms with Crippen LogP contribution in [0.1, 0.15) is 36.8 Å². The molecule has 1 aliphatic carbocycles. The van der Waals surface area contributed by atoms with Gasteiger partial charge in [0.05, 0.1) is 0 Å². The number of aromatic nitrogens is 1. The number of pyridine rings is 1. The van der Waals surface area contributed by atoms with E-state index in [1.165, 1.54) is 30.5 Å². The number of benzene rings is 1. The summed E-state index contributed by atoms with van der Waals surface area (Å²) in [7, 11) is 0. The average Bonchev–Trinajstić information content (AvgIpc) is 3.36. The van der Waals surface area contributed by atoms with Crippen LogP contribution >= 0.6 is 11.6 Å². The maximum atomic E-state index is 14.5. The highest BCUT2D eigenvalue weighted by molar-refractivity contribution is 6.30. The lowest BCUT2D eigenvalue weighted by Gasteiger charge is -2.42. The maximum Gasteiger partial charge on any atom is 0.402 e. The Labute approximate surface area is 147 Å². The van der Waals surface area contributed by atoms with Gasteiger partial charge in [-0.1, -0.05) is 24.4 Å². The molecule has 1 fully saturated rings. The van der Waals surface area contributed by atoms with Crippen molar-refractivity contribution in [2.75, 3.05) is 5.32 Å². The van der Waals surface area contributed by atoms with Gasteiger partial charge in [0.2, 0.25) is 0 Å². The number of nitrogens with one attached hydrogen (secondary N) is 2. The third-order valence-electron chi connectivity index (χ3n) is 5.23. The van der Waals surface area contributed by atoms with Crippen molar-refractivity contribution in [3.63, 3.8) is 0 Å². The molecule has 1 aromatic carbocycles. The highest BCUT2D eigenvalue weighted by Crippen LogP contribution is 2.57. The molecule has 0 bridgehead atoms. The van der Waals surface area contributed by atoms with Crippen LogP contribution in [0.15, 0.2) is 35.3 Å². The van der Waals surface area contributed by atoms with Gasteiger partial charge in [-0.3, -0.25) is 4.79 Å². The second-order valence-electron chi connectivity index (χ2n) is 6.80.